The topological polar surface area (TPSA) is 156 Å². The number of carboxylic acids is 3. The highest BCUT2D eigenvalue weighted by molar-refractivity contribution is 7.10. The summed E-state index contributed by atoms with van der Waals surface area (Å²) in [5, 5.41) is 44.8. The van der Waals surface area contributed by atoms with Crippen molar-refractivity contribution in [2.75, 3.05) is 13.2 Å². The van der Waals surface area contributed by atoms with E-state index in [0.717, 1.165) is 12.1 Å². The van der Waals surface area contributed by atoms with Crippen LogP contribution < -0.4 is 0 Å². The number of aliphatic hydroxyl groups is 2. The van der Waals surface area contributed by atoms with Crippen LogP contribution in [0.1, 0.15) is 35.3 Å². The molecule has 5 N–H and O–H groups in total. The number of hydrogen-bond acceptors (Lipinski definition) is 7. The van der Waals surface area contributed by atoms with Crippen LogP contribution >= 0.6 is 11.3 Å². The highest BCUT2D eigenvalue weighted by Crippen LogP contribution is 2.20. The summed E-state index contributed by atoms with van der Waals surface area (Å²) in [6.07, 6.45) is -1.68. The SMILES string of the molecule is Cc1ccsc1CN(CCCO)Cc1cc(F)ccc1F.O=C(O)CC(O)(CC(=O)O)C(=O)O. The quantitative estimate of drug-likeness (QED) is 0.294. The van der Waals surface area contributed by atoms with Gasteiger partial charge in [-0.05, 0) is 48.6 Å². The molecule has 0 saturated heterocycles. The average Bonchev–Trinajstić information content (AvgIpc) is 3.12. The summed E-state index contributed by atoms with van der Waals surface area (Å²) in [5.41, 5.74) is -1.19. The Morgan fingerprint density at radius 1 is 1.03 bits per heavy atom. The van der Waals surface area contributed by atoms with E-state index in [0.29, 0.717) is 31.6 Å². The Bertz CT molecular complexity index is 966. The van der Waals surface area contributed by atoms with Crippen LogP contribution in [0, 0.1) is 18.6 Å². The van der Waals surface area contributed by atoms with E-state index < -0.39 is 48.0 Å². The number of benzene rings is 1. The summed E-state index contributed by atoms with van der Waals surface area (Å²) >= 11 is 1.66. The first-order chi connectivity index (χ1) is 15.9. The van der Waals surface area contributed by atoms with Gasteiger partial charge < -0.3 is 25.5 Å². The zero-order valence-electron chi connectivity index (χ0n) is 18.4. The molecule has 0 aliphatic carbocycles. The van der Waals surface area contributed by atoms with Gasteiger partial charge in [-0.25, -0.2) is 13.6 Å². The minimum absolute atomic E-state index is 0.0888. The van der Waals surface area contributed by atoms with Crippen molar-refractivity contribution in [3.8, 4) is 0 Å². The molecule has 0 fully saturated rings. The van der Waals surface area contributed by atoms with Gasteiger partial charge in [0, 0.05) is 36.7 Å². The van der Waals surface area contributed by atoms with E-state index in [9.17, 15) is 23.2 Å². The highest BCUT2D eigenvalue weighted by Gasteiger charge is 2.40. The number of halogens is 2. The van der Waals surface area contributed by atoms with Gasteiger partial charge in [0.05, 0.1) is 12.8 Å². The van der Waals surface area contributed by atoms with Crippen LogP contribution in [0.5, 0.6) is 0 Å². The summed E-state index contributed by atoms with van der Waals surface area (Å²) < 4.78 is 27.0. The van der Waals surface area contributed by atoms with Crippen LogP contribution in [0.3, 0.4) is 0 Å². The van der Waals surface area contributed by atoms with Gasteiger partial charge >= 0.3 is 17.9 Å². The summed E-state index contributed by atoms with van der Waals surface area (Å²) in [5.74, 6) is -5.84. The minimum Gasteiger partial charge on any atom is -0.481 e. The number of carboxylic acid groups (broad SMARTS) is 3. The van der Waals surface area contributed by atoms with E-state index in [1.165, 1.54) is 16.5 Å². The lowest BCUT2D eigenvalue weighted by atomic mass is 9.96. The predicted molar refractivity (Wildman–Crippen MR) is 118 cm³/mol. The minimum atomic E-state index is -2.74. The third-order valence-corrected chi connectivity index (χ3v) is 5.66. The molecular weight excluding hydrogens is 476 g/mol. The molecule has 0 bridgehead atoms. The van der Waals surface area contributed by atoms with Gasteiger partial charge in [0.15, 0.2) is 5.60 Å². The zero-order chi connectivity index (χ0) is 25.9. The molecule has 34 heavy (non-hydrogen) atoms. The molecule has 0 aliphatic heterocycles. The average molecular weight is 504 g/mol. The summed E-state index contributed by atoms with van der Waals surface area (Å²) in [7, 11) is 0. The third-order valence-electron chi connectivity index (χ3n) is 4.65. The van der Waals surface area contributed by atoms with Crippen molar-refractivity contribution in [2.24, 2.45) is 0 Å². The lowest BCUT2D eigenvalue weighted by Gasteiger charge is -2.22. The third kappa shape index (κ3) is 9.91. The number of aryl methyl sites for hydroxylation is 1. The molecule has 1 heterocycles. The number of thiophene rings is 1. The van der Waals surface area contributed by atoms with Crippen LogP contribution in [-0.2, 0) is 27.5 Å². The Morgan fingerprint density at radius 2 is 1.65 bits per heavy atom. The fourth-order valence-corrected chi connectivity index (χ4v) is 3.84. The number of rotatable bonds is 12. The molecule has 9 nitrogen and oxygen atoms in total. The number of nitrogens with zero attached hydrogens (tertiary/aromatic N) is 1. The first-order valence-corrected chi connectivity index (χ1v) is 11.0. The molecule has 188 valence electrons. The lowest BCUT2D eigenvalue weighted by molar-refractivity contribution is -0.170. The molecule has 0 atom stereocenters. The second kappa shape index (κ2) is 13.7. The van der Waals surface area contributed by atoms with E-state index in [2.05, 4.69) is 0 Å². The standard InChI is InChI=1S/C16H19F2NOS.C6H8O7/c1-12-5-8-21-16(12)11-19(6-2-7-20)10-13-9-14(17)3-4-15(13)18;7-3(8)1-6(13,5(11)12)2-4(9)10/h3-5,8-9,20H,2,6-7,10-11H2,1H3;13H,1-2H2,(H,7,8)(H,9,10)(H,11,12). The molecule has 12 heteroatoms. The van der Waals surface area contributed by atoms with E-state index in [-0.39, 0.29) is 6.61 Å². The van der Waals surface area contributed by atoms with Crippen molar-refractivity contribution in [1.82, 2.24) is 4.90 Å². The Balaban J connectivity index is 0.000000385. The van der Waals surface area contributed by atoms with Crippen molar-refractivity contribution >= 4 is 29.2 Å². The summed E-state index contributed by atoms with van der Waals surface area (Å²) in [6.45, 7) is 3.79. The maximum atomic E-state index is 13.8. The lowest BCUT2D eigenvalue weighted by Crippen LogP contribution is -2.42. The predicted octanol–water partition coefficient (Wildman–Crippen LogP) is 2.47. The fourth-order valence-electron chi connectivity index (χ4n) is 2.90. The van der Waals surface area contributed by atoms with Crippen LogP contribution in [0.25, 0.3) is 0 Å². The maximum absolute atomic E-state index is 13.8. The molecule has 0 aliphatic rings. The van der Waals surface area contributed by atoms with Gasteiger partial charge in [-0.1, -0.05) is 0 Å². The number of carbonyl (C=O) groups is 3. The molecule has 0 saturated carbocycles. The Hall–Kier alpha value is -2.93. The second-order valence-electron chi connectivity index (χ2n) is 7.53. The van der Waals surface area contributed by atoms with Gasteiger partial charge in [0.2, 0.25) is 0 Å². The van der Waals surface area contributed by atoms with Crippen LogP contribution in [0.4, 0.5) is 8.78 Å². The van der Waals surface area contributed by atoms with E-state index >= 15 is 0 Å². The number of aliphatic hydroxyl groups excluding tert-OH is 1. The van der Waals surface area contributed by atoms with Gasteiger partial charge in [-0.15, -0.1) is 11.3 Å². The highest BCUT2D eigenvalue weighted by atomic mass is 32.1. The number of aliphatic carboxylic acids is 3. The van der Waals surface area contributed by atoms with E-state index in [1.54, 1.807) is 11.3 Å². The smallest absolute Gasteiger partial charge is 0.336 e. The molecule has 0 spiro atoms. The normalized spacial score (nSPS) is 11.1. The van der Waals surface area contributed by atoms with Crippen molar-refractivity contribution in [2.45, 2.75) is 44.9 Å². The van der Waals surface area contributed by atoms with E-state index in [4.69, 9.17) is 25.5 Å². The van der Waals surface area contributed by atoms with Crippen molar-refractivity contribution < 1.29 is 48.7 Å². The molecule has 2 aromatic rings. The second-order valence-corrected chi connectivity index (χ2v) is 8.53. The Morgan fingerprint density at radius 3 is 2.12 bits per heavy atom. The van der Waals surface area contributed by atoms with Crippen molar-refractivity contribution in [3.63, 3.8) is 0 Å². The van der Waals surface area contributed by atoms with Crippen molar-refractivity contribution in [1.29, 1.82) is 0 Å². The summed E-state index contributed by atoms with van der Waals surface area (Å²) in [6, 6.07) is 5.57. The molecule has 1 aromatic carbocycles. The molecule has 2 rings (SSSR count). The van der Waals surface area contributed by atoms with Crippen LogP contribution in [-0.4, -0.2) is 67.1 Å². The first kappa shape index (κ1) is 29.1. The largest absolute Gasteiger partial charge is 0.481 e. The van der Waals surface area contributed by atoms with Crippen LogP contribution in [0.15, 0.2) is 29.6 Å². The zero-order valence-corrected chi connectivity index (χ0v) is 19.2. The first-order valence-electron chi connectivity index (χ1n) is 10.1. The van der Waals surface area contributed by atoms with E-state index in [1.807, 2.05) is 23.3 Å². The monoisotopic (exact) mass is 503 g/mol. The molecule has 0 radical (unpaired) electrons. The Labute approximate surface area is 198 Å². The van der Waals surface area contributed by atoms with Crippen LogP contribution in [0.2, 0.25) is 0 Å². The van der Waals surface area contributed by atoms with Gasteiger partial charge in [0.25, 0.3) is 0 Å². The molecule has 0 unspecified atom stereocenters. The molecule has 1 aromatic heterocycles. The number of hydrogen-bond donors (Lipinski definition) is 5. The summed E-state index contributed by atoms with van der Waals surface area (Å²) in [4.78, 5) is 33.7. The van der Waals surface area contributed by atoms with Gasteiger partial charge in [-0.2, -0.15) is 0 Å². The fraction of sp³-hybridized carbons (Fsp3) is 0.409. The molecule has 0 amide bonds. The maximum Gasteiger partial charge on any atom is 0.336 e. The molecular formula is C22H27F2NO8S. The van der Waals surface area contributed by atoms with Crippen molar-refractivity contribution in [3.05, 3.63) is 57.3 Å². The van der Waals surface area contributed by atoms with Gasteiger partial charge in [-0.3, -0.25) is 14.5 Å². The Kier molecular flexibility index (Phi) is 11.7. The van der Waals surface area contributed by atoms with Gasteiger partial charge in [0.1, 0.15) is 11.6 Å².